The highest BCUT2D eigenvalue weighted by Crippen LogP contribution is 2.24. The van der Waals surface area contributed by atoms with Crippen LogP contribution in [0.3, 0.4) is 0 Å². The van der Waals surface area contributed by atoms with Gasteiger partial charge in [0.15, 0.2) is 0 Å². The third-order valence-electron chi connectivity index (χ3n) is 3.53. The van der Waals surface area contributed by atoms with Gasteiger partial charge in [-0.05, 0) is 38.4 Å². The molecule has 0 unspecified atom stereocenters. The van der Waals surface area contributed by atoms with Gasteiger partial charge in [0.25, 0.3) is 5.91 Å². The molecule has 0 saturated carbocycles. The fourth-order valence-corrected chi connectivity index (χ4v) is 3.23. The van der Waals surface area contributed by atoms with E-state index < -0.39 is 0 Å². The number of pyridine rings is 1. The first-order chi connectivity index (χ1) is 11.1. The van der Waals surface area contributed by atoms with Gasteiger partial charge in [-0.1, -0.05) is 31.5 Å². The van der Waals surface area contributed by atoms with Crippen molar-refractivity contribution in [1.29, 1.82) is 0 Å². The first-order valence-electron chi connectivity index (χ1n) is 8.07. The van der Waals surface area contributed by atoms with Crippen molar-refractivity contribution in [3.8, 4) is 0 Å². The zero-order valence-electron chi connectivity index (χ0n) is 14.1. The molecular weight excluding hydrogens is 306 g/mol. The molecule has 1 N–H and O–H groups in total. The van der Waals surface area contributed by atoms with Crippen LogP contribution < -0.4 is 5.32 Å². The van der Waals surface area contributed by atoms with Gasteiger partial charge in [-0.15, -0.1) is 11.8 Å². The quantitative estimate of drug-likeness (QED) is 0.595. The number of nitrogens with zero attached hydrogens (tertiary/aromatic N) is 2. The number of hydrogen-bond acceptors (Lipinski definition) is 4. The van der Waals surface area contributed by atoms with Crippen LogP contribution in [0.1, 0.15) is 30.1 Å². The molecule has 23 heavy (non-hydrogen) atoms. The number of carbonyl (C=O) groups excluding carboxylic acids is 1. The van der Waals surface area contributed by atoms with Gasteiger partial charge < -0.3 is 10.2 Å². The number of hydrogen-bond donors (Lipinski definition) is 1. The first-order valence-corrected chi connectivity index (χ1v) is 9.06. The zero-order valence-corrected chi connectivity index (χ0v) is 14.9. The van der Waals surface area contributed by atoms with E-state index in [1.165, 1.54) is 6.42 Å². The van der Waals surface area contributed by atoms with Gasteiger partial charge in [-0.2, -0.15) is 0 Å². The van der Waals surface area contributed by atoms with Crippen LogP contribution in [0.25, 0.3) is 10.9 Å². The minimum atomic E-state index is -0.0252. The normalized spacial score (nSPS) is 11.1. The molecule has 1 aromatic carbocycles. The highest BCUT2D eigenvalue weighted by Gasteiger charge is 2.13. The Bertz CT molecular complexity index is 658. The third-order valence-corrected chi connectivity index (χ3v) is 4.53. The molecule has 0 atom stereocenters. The molecule has 1 aromatic heterocycles. The molecule has 0 spiro atoms. The van der Waals surface area contributed by atoms with Gasteiger partial charge in [0, 0.05) is 18.5 Å². The molecule has 0 aliphatic heterocycles. The number of likely N-dealkylation sites (N-methyl/N-ethyl adjacent to an activating group) is 1. The number of rotatable bonds is 8. The van der Waals surface area contributed by atoms with Gasteiger partial charge in [-0.3, -0.25) is 4.79 Å². The molecule has 4 nitrogen and oxygen atoms in total. The third kappa shape index (κ3) is 5.22. The highest BCUT2D eigenvalue weighted by atomic mass is 32.2. The van der Waals surface area contributed by atoms with E-state index in [2.05, 4.69) is 22.1 Å². The number of para-hydroxylation sites is 1. The maximum absolute atomic E-state index is 12.6. The number of unbranched alkanes of at least 4 members (excludes halogenated alkanes) is 1. The molecule has 1 amide bonds. The second-order valence-corrected chi connectivity index (χ2v) is 6.90. The molecule has 1 heterocycles. The van der Waals surface area contributed by atoms with Crippen molar-refractivity contribution in [3.63, 3.8) is 0 Å². The largest absolute Gasteiger partial charge is 0.351 e. The maximum atomic E-state index is 12.6. The molecule has 0 aliphatic carbocycles. The number of nitrogens with one attached hydrogen (secondary N) is 1. The van der Waals surface area contributed by atoms with E-state index in [-0.39, 0.29) is 5.91 Å². The standard InChI is InChI=1S/C18H25N3OS/c1-4-5-12-23-17-13-15(18(22)19-10-11-21(2)3)14-8-6-7-9-16(14)20-17/h6-9,13H,4-5,10-12H2,1-3H3,(H,19,22). The van der Waals surface area contributed by atoms with Gasteiger partial charge in [-0.25, -0.2) is 4.98 Å². The summed E-state index contributed by atoms with van der Waals surface area (Å²) in [6, 6.07) is 9.77. The summed E-state index contributed by atoms with van der Waals surface area (Å²) in [6.07, 6.45) is 2.32. The Kier molecular flexibility index (Phi) is 6.86. The molecule has 0 aliphatic rings. The SMILES string of the molecule is CCCCSc1cc(C(=O)NCCN(C)C)c2ccccc2n1. The van der Waals surface area contributed by atoms with E-state index in [9.17, 15) is 4.79 Å². The Morgan fingerprint density at radius 3 is 2.83 bits per heavy atom. The second-order valence-electron chi connectivity index (χ2n) is 5.79. The predicted octanol–water partition coefficient (Wildman–Crippen LogP) is 3.42. The van der Waals surface area contributed by atoms with Crippen LogP contribution in [0.5, 0.6) is 0 Å². The van der Waals surface area contributed by atoms with Gasteiger partial charge in [0.05, 0.1) is 16.1 Å². The minimum absolute atomic E-state index is 0.0252. The number of carbonyl (C=O) groups is 1. The Labute approximate surface area is 142 Å². The summed E-state index contributed by atoms with van der Waals surface area (Å²) in [5.41, 5.74) is 1.60. The summed E-state index contributed by atoms with van der Waals surface area (Å²) in [7, 11) is 3.99. The van der Waals surface area contributed by atoms with Gasteiger partial charge >= 0.3 is 0 Å². The van der Waals surface area contributed by atoms with Gasteiger partial charge in [0.1, 0.15) is 0 Å². The van der Waals surface area contributed by atoms with E-state index in [1.807, 2.05) is 44.4 Å². The van der Waals surface area contributed by atoms with E-state index in [0.29, 0.717) is 12.1 Å². The van der Waals surface area contributed by atoms with E-state index >= 15 is 0 Å². The molecular formula is C18H25N3OS. The fraction of sp³-hybridized carbons (Fsp3) is 0.444. The van der Waals surface area contributed by atoms with Crippen LogP contribution in [-0.4, -0.2) is 48.7 Å². The summed E-state index contributed by atoms with van der Waals surface area (Å²) in [6.45, 7) is 3.64. The van der Waals surface area contributed by atoms with E-state index in [1.54, 1.807) is 11.8 Å². The van der Waals surface area contributed by atoms with Crippen molar-refractivity contribution in [1.82, 2.24) is 15.2 Å². The molecule has 124 valence electrons. The number of aromatic nitrogens is 1. The lowest BCUT2D eigenvalue weighted by atomic mass is 10.1. The lowest BCUT2D eigenvalue weighted by Gasteiger charge is -2.12. The van der Waals surface area contributed by atoms with Crippen molar-refractivity contribution in [2.24, 2.45) is 0 Å². The monoisotopic (exact) mass is 331 g/mol. The summed E-state index contributed by atoms with van der Waals surface area (Å²) >= 11 is 1.72. The minimum Gasteiger partial charge on any atom is -0.351 e. The molecule has 0 radical (unpaired) electrons. The first kappa shape index (κ1) is 17.8. The van der Waals surface area contributed by atoms with Crippen LogP contribution in [0.2, 0.25) is 0 Å². The van der Waals surface area contributed by atoms with Crippen LogP contribution in [-0.2, 0) is 0 Å². The highest BCUT2D eigenvalue weighted by molar-refractivity contribution is 7.99. The number of thioether (sulfide) groups is 1. The number of benzene rings is 1. The number of amides is 1. The van der Waals surface area contributed by atoms with Crippen LogP contribution in [0, 0.1) is 0 Å². The second kappa shape index (κ2) is 8.89. The van der Waals surface area contributed by atoms with Gasteiger partial charge in [0.2, 0.25) is 0 Å². The van der Waals surface area contributed by atoms with Crippen molar-refractivity contribution in [2.45, 2.75) is 24.8 Å². The Hall–Kier alpha value is -1.59. The summed E-state index contributed by atoms with van der Waals surface area (Å²) < 4.78 is 0. The molecule has 0 bridgehead atoms. The van der Waals surface area contributed by atoms with Crippen molar-refractivity contribution < 1.29 is 4.79 Å². The molecule has 2 aromatic rings. The van der Waals surface area contributed by atoms with Crippen molar-refractivity contribution in [3.05, 3.63) is 35.9 Å². The van der Waals surface area contributed by atoms with Crippen LogP contribution in [0.4, 0.5) is 0 Å². The molecule has 2 rings (SSSR count). The van der Waals surface area contributed by atoms with E-state index in [0.717, 1.165) is 34.6 Å². The molecule has 0 saturated heterocycles. The fourth-order valence-electron chi connectivity index (χ4n) is 2.22. The summed E-state index contributed by atoms with van der Waals surface area (Å²) in [5, 5.41) is 4.84. The predicted molar refractivity (Wildman–Crippen MR) is 98.3 cm³/mol. The topological polar surface area (TPSA) is 45.2 Å². The molecule has 5 heteroatoms. The lowest BCUT2D eigenvalue weighted by molar-refractivity contribution is 0.0952. The average Bonchev–Trinajstić information content (AvgIpc) is 2.54. The van der Waals surface area contributed by atoms with Crippen molar-refractivity contribution >= 4 is 28.6 Å². The van der Waals surface area contributed by atoms with Crippen LogP contribution in [0.15, 0.2) is 35.4 Å². The summed E-state index contributed by atoms with van der Waals surface area (Å²) in [4.78, 5) is 19.3. The van der Waals surface area contributed by atoms with E-state index in [4.69, 9.17) is 0 Å². The Morgan fingerprint density at radius 2 is 2.09 bits per heavy atom. The smallest absolute Gasteiger partial charge is 0.252 e. The summed E-state index contributed by atoms with van der Waals surface area (Å²) in [5.74, 6) is 1.01. The maximum Gasteiger partial charge on any atom is 0.252 e. The molecule has 0 fully saturated rings. The Balaban J connectivity index is 2.22. The lowest BCUT2D eigenvalue weighted by Crippen LogP contribution is -2.31. The Morgan fingerprint density at radius 1 is 1.30 bits per heavy atom. The number of fused-ring (bicyclic) bond motifs is 1. The average molecular weight is 331 g/mol. The van der Waals surface area contributed by atoms with Crippen molar-refractivity contribution in [2.75, 3.05) is 32.9 Å². The van der Waals surface area contributed by atoms with Crippen LogP contribution >= 0.6 is 11.8 Å². The zero-order chi connectivity index (χ0) is 16.7.